The summed E-state index contributed by atoms with van der Waals surface area (Å²) in [6.45, 7) is 6.38. The van der Waals surface area contributed by atoms with E-state index in [2.05, 4.69) is 20.6 Å². The second kappa shape index (κ2) is 11.3. The van der Waals surface area contributed by atoms with E-state index < -0.39 is 0 Å². The van der Waals surface area contributed by atoms with Gasteiger partial charge in [0.1, 0.15) is 22.2 Å². The molecular weight excluding hydrogens is 406 g/mol. The number of nitrogens with one attached hydrogen (secondary N) is 2. The van der Waals surface area contributed by atoms with E-state index in [-0.39, 0.29) is 24.5 Å². The van der Waals surface area contributed by atoms with Crippen molar-refractivity contribution in [3.63, 3.8) is 0 Å². The average molecular weight is 436 g/mol. The van der Waals surface area contributed by atoms with Gasteiger partial charge in [0.2, 0.25) is 5.91 Å². The smallest absolute Gasteiger partial charge is 0.350 e. The molecule has 1 atom stereocenters. The summed E-state index contributed by atoms with van der Waals surface area (Å²) in [6, 6.07) is 3.52. The first-order valence-corrected chi connectivity index (χ1v) is 10.5. The number of guanidine groups is 1. The molecule has 0 radical (unpaired) electrons. The molecule has 2 aromatic heterocycles. The van der Waals surface area contributed by atoms with E-state index in [1.807, 2.05) is 19.1 Å². The number of esters is 1. The topological polar surface area (TPSA) is 109 Å². The maximum Gasteiger partial charge on any atom is 0.350 e. The number of likely N-dealkylation sites (N-methyl/N-ethyl adjacent to an activating group) is 1. The largest absolute Gasteiger partial charge is 0.469 e. The predicted octanol–water partition coefficient (Wildman–Crippen LogP) is 2.15. The standard InChI is InChI=1S/C20H29N5O4S/c1-6-28-19(27)17-13(2)23-18(30-17)14(3)24-20(22-12-16(26)25(4)5)21-10-9-15-8-7-11-29-15/h7-8,11,14H,6,9-10,12H2,1-5H3,(H2,21,22,24). The summed E-state index contributed by atoms with van der Waals surface area (Å²) < 4.78 is 10.4. The maximum atomic E-state index is 12.1. The van der Waals surface area contributed by atoms with Gasteiger partial charge in [-0.15, -0.1) is 11.3 Å². The summed E-state index contributed by atoms with van der Waals surface area (Å²) in [6.07, 6.45) is 2.30. The minimum atomic E-state index is -0.368. The number of aliphatic imine (C=N–C) groups is 1. The van der Waals surface area contributed by atoms with Gasteiger partial charge in [0.05, 0.1) is 24.6 Å². The molecule has 0 aromatic carbocycles. The number of nitrogens with zero attached hydrogens (tertiary/aromatic N) is 3. The Kier molecular flexibility index (Phi) is 8.85. The third-order valence-electron chi connectivity index (χ3n) is 4.11. The Morgan fingerprint density at radius 2 is 2.17 bits per heavy atom. The Bertz CT molecular complexity index is 861. The van der Waals surface area contributed by atoms with Crippen molar-refractivity contribution in [1.82, 2.24) is 20.5 Å². The first-order chi connectivity index (χ1) is 14.3. The zero-order valence-corrected chi connectivity index (χ0v) is 18.8. The first-order valence-electron chi connectivity index (χ1n) is 9.73. The lowest BCUT2D eigenvalue weighted by Gasteiger charge is -2.17. The molecular formula is C20H29N5O4S. The van der Waals surface area contributed by atoms with Crippen LogP contribution in [0.5, 0.6) is 0 Å². The molecule has 0 aliphatic rings. The van der Waals surface area contributed by atoms with Crippen LogP contribution in [0.2, 0.25) is 0 Å². The molecule has 0 aliphatic heterocycles. The molecule has 164 valence electrons. The fourth-order valence-electron chi connectivity index (χ4n) is 2.45. The van der Waals surface area contributed by atoms with Gasteiger partial charge < -0.3 is 24.7 Å². The van der Waals surface area contributed by atoms with Crippen molar-refractivity contribution >= 4 is 29.2 Å². The Labute approximate surface area is 180 Å². The molecule has 0 aliphatic carbocycles. The summed E-state index contributed by atoms with van der Waals surface area (Å²) in [5.41, 5.74) is 0.633. The number of ether oxygens (including phenoxy) is 1. The summed E-state index contributed by atoms with van der Waals surface area (Å²) in [4.78, 5) is 34.9. The van der Waals surface area contributed by atoms with E-state index in [9.17, 15) is 9.59 Å². The van der Waals surface area contributed by atoms with E-state index in [0.717, 1.165) is 10.8 Å². The van der Waals surface area contributed by atoms with Crippen molar-refractivity contribution < 1.29 is 18.7 Å². The number of carbonyl (C=O) groups excluding carboxylic acids is 2. The number of furan rings is 1. The van der Waals surface area contributed by atoms with Gasteiger partial charge in [0.25, 0.3) is 0 Å². The molecule has 0 bridgehead atoms. The molecule has 2 N–H and O–H groups in total. The molecule has 2 heterocycles. The summed E-state index contributed by atoms with van der Waals surface area (Å²) in [5.74, 6) is 0.862. The van der Waals surface area contributed by atoms with E-state index in [1.54, 1.807) is 34.2 Å². The van der Waals surface area contributed by atoms with Crippen LogP contribution >= 0.6 is 11.3 Å². The SMILES string of the molecule is CCOC(=O)c1sc(C(C)NC(=NCC(=O)N(C)C)NCCc2ccco2)nc1C. The van der Waals surface area contributed by atoms with Crippen LogP contribution in [0.15, 0.2) is 27.8 Å². The van der Waals surface area contributed by atoms with E-state index >= 15 is 0 Å². The Balaban J connectivity index is 2.07. The number of thiazole rings is 1. The molecule has 2 aromatic rings. The lowest BCUT2D eigenvalue weighted by molar-refractivity contribution is -0.127. The summed E-state index contributed by atoms with van der Waals surface area (Å²) >= 11 is 1.29. The molecule has 0 spiro atoms. The Morgan fingerprint density at radius 3 is 2.80 bits per heavy atom. The molecule has 2 rings (SSSR count). The third-order valence-corrected chi connectivity index (χ3v) is 5.43. The van der Waals surface area contributed by atoms with Crippen LogP contribution in [0.4, 0.5) is 0 Å². The quantitative estimate of drug-likeness (QED) is 0.353. The van der Waals surface area contributed by atoms with Gasteiger partial charge in [-0.1, -0.05) is 0 Å². The molecule has 0 saturated heterocycles. The molecule has 9 nitrogen and oxygen atoms in total. The van der Waals surface area contributed by atoms with Gasteiger partial charge in [-0.3, -0.25) is 4.79 Å². The van der Waals surface area contributed by atoms with Crippen molar-refractivity contribution in [2.24, 2.45) is 4.99 Å². The number of hydrogen-bond donors (Lipinski definition) is 2. The molecule has 1 unspecified atom stereocenters. The van der Waals surface area contributed by atoms with Gasteiger partial charge in [0.15, 0.2) is 5.96 Å². The highest BCUT2D eigenvalue weighted by Crippen LogP contribution is 2.24. The van der Waals surface area contributed by atoms with Crippen molar-refractivity contribution in [2.45, 2.75) is 33.2 Å². The van der Waals surface area contributed by atoms with Crippen molar-refractivity contribution in [1.29, 1.82) is 0 Å². The third kappa shape index (κ3) is 6.87. The molecule has 1 amide bonds. The normalized spacial score (nSPS) is 12.4. The van der Waals surface area contributed by atoms with Crippen LogP contribution in [-0.2, 0) is 16.0 Å². The molecule has 0 saturated carbocycles. The van der Waals surface area contributed by atoms with Crippen molar-refractivity contribution in [3.8, 4) is 0 Å². The van der Waals surface area contributed by atoms with Gasteiger partial charge >= 0.3 is 5.97 Å². The van der Waals surface area contributed by atoms with Crippen LogP contribution in [-0.4, -0.2) is 61.5 Å². The zero-order chi connectivity index (χ0) is 22.1. The van der Waals surface area contributed by atoms with Crippen LogP contribution in [0.25, 0.3) is 0 Å². The number of rotatable bonds is 9. The van der Waals surface area contributed by atoms with E-state index in [1.165, 1.54) is 16.2 Å². The highest BCUT2D eigenvalue weighted by atomic mass is 32.1. The minimum Gasteiger partial charge on any atom is -0.469 e. The molecule has 30 heavy (non-hydrogen) atoms. The highest BCUT2D eigenvalue weighted by Gasteiger charge is 2.20. The molecule has 0 fully saturated rings. The van der Waals surface area contributed by atoms with Gasteiger partial charge in [-0.05, 0) is 32.9 Å². The summed E-state index contributed by atoms with van der Waals surface area (Å²) in [7, 11) is 3.38. The predicted molar refractivity (Wildman–Crippen MR) is 116 cm³/mol. The summed E-state index contributed by atoms with van der Waals surface area (Å²) in [5, 5.41) is 7.19. The number of aryl methyl sites for hydroxylation is 1. The Morgan fingerprint density at radius 1 is 1.40 bits per heavy atom. The van der Waals surface area contributed by atoms with Crippen LogP contribution in [0.1, 0.15) is 46.0 Å². The lowest BCUT2D eigenvalue weighted by Crippen LogP contribution is -2.40. The van der Waals surface area contributed by atoms with Gasteiger partial charge in [-0.25, -0.2) is 14.8 Å². The van der Waals surface area contributed by atoms with Gasteiger partial charge in [-0.2, -0.15) is 0 Å². The lowest BCUT2D eigenvalue weighted by atomic mass is 10.3. The number of amides is 1. The Hall–Kier alpha value is -2.88. The number of hydrogen-bond acceptors (Lipinski definition) is 7. The number of carbonyl (C=O) groups is 2. The highest BCUT2D eigenvalue weighted by molar-refractivity contribution is 7.13. The fraction of sp³-hybridized carbons (Fsp3) is 0.500. The van der Waals surface area contributed by atoms with Crippen LogP contribution < -0.4 is 10.6 Å². The van der Waals surface area contributed by atoms with E-state index in [4.69, 9.17) is 9.15 Å². The zero-order valence-electron chi connectivity index (χ0n) is 18.0. The minimum absolute atomic E-state index is 0.0147. The van der Waals surface area contributed by atoms with Crippen molar-refractivity contribution in [2.75, 3.05) is 33.8 Å². The second-order valence-electron chi connectivity index (χ2n) is 6.76. The van der Waals surface area contributed by atoms with E-state index in [0.29, 0.717) is 36.1 Å². The number of aromatic nitrogens is 1. The first kappa shape index (κ1) is 23.4. The average Bonchev–Trinajstić information content (AvgIpc) is 3.35. The van der Waals surface area contributed by atoms with Crippen LogP contribution in [0, 0.1) is 6.92 Å². The molecule has 10 heteroatoms. The van der Waals surface area contributed by atoms with Crippen molar-refractivity contribution in [3.05, 3.63) is 39.7 Å². The monoisotopic (exact) mass is 435 g/mol. The van der Waals surface area contributed by atoms with Gasteiger partial charge in [0, 0.05) is 27.1 Å². The van der Waals surface area contributed by atoms with Crippen LogP contribution in [0.3, 0.4) is 0 Å². The fourth-order valence-corrected chi connectivity index (χ4v) is 3.42. The maximum absolute atomic E-state index is 12.1. The second-order valence-corrected chi connectivity index (χ2v) is 7.79.